The van der Waals surface area contributed by atoms with E-state index in [2.05, 4.69) is 18.3 Å². The third-order valence-corrected chi connectivity index (χ3v) is 0.798. The number of allylic oxidation sites excluding steroid dienone is 2. The molecule has 0 saturated carbocycles. The minimum Gasteiger partial charge on any atom is -0.273 e. The molecule has 0 rings (SSSR count). The van der Waals surface area contributed by atoms with Crippen molar-refractivity contribution < 1.29 is 0 Å². The minimum atomic E-state index is 1.01. The second kappa shape index (κ2) is 3.55. The predicted octanol–water partition coefficient (Wildman–Crippen LogP) is 0.0798. The predicted molar refractivity (Wildman–Crippen MR) is 37.8 cm³/mol. The fraction of sp³-hybridized carbons (Fsp3) is 0. The average Bonchev–Trinajstić information content (AvgIpc) is 1.61. The molecule has 0 radical (unpaired) electrons. The van der Waals surface area contributed by atoms with Crippen LogP contribution in [0.25, 0.3) is 0 Å². The number of aliphatic imine (C=N–C) groups is 1. The molecule has 0 amide bonds. The summed E-state index contributed by atoms with van der Waals surface area (Å²) in [6.45, 7) is 6.95. The topological polar surface area (TPSA) is 12.4 Å². The van der Waals surface area contributed by atoms with Crippen LogP contribution in [0, 0.1) is 0 Å². The first-order valence-electron chi connectivity index (χ1n) is 2.05. The van der Waals surface area contributed by atoms with Gasteiger partial charge in [-0.05, 0) is 12.8 Å². The molecule has 7 heavy (non-hydrogen) atoms. The Morgan fingerprint density at radius 2 is 2.29 bits per heavy atom. The highest BCUT2D eigenvalue weighted by Crippen LogP contribution is 1.81. The molecule has 0 aliphatic carbocycles. The molecular formula is C5H9NSi. The third-order valence-electron chi connectivity index (χ3n) is 0.464. The molecule has 0 heterocycles. The molecule has 0 aromatic carbocycles. The highest BCUT2D eigenvalue weighted by molar-refractivity contribution is 6.22. The number of rotatable bonds is 2. The molecule has 0 aliphatic rings. The van der Waals surface area contributed by atoms with Gasteiger partial charge in [0.15, 0.2) is 0 Å². The zero-order chi connectivity index (χ0) is 5.70. The fourth-order valence-electron chi connectivity index (χ4n) is 0.180. The summed E-state index contributed by atoms with van der Waals surface area (Å²) < 4.78 is 0. The summed E-state index contributed by atoms with van der Waals surface area (Å²) in [5, 5.41) is 1.13. The van der Waals surface area contributed by atoms with E-state index in [0.29, 0.717) is 0 Å². The Morgan fingerprint density at radius 1 is 1.71 bits per heavy atom. The van der Waals surface area contributed by atoms with Crippen LogP contribution in [-0.4, -0.2) is 17.0 Å². The van der Waals surface area contributed by atoms with E-state index >= 15 is 0 Å². The molecule has 0 spiro atoms. The van der Waals surface area contributed by atoms with Crippen molar-refractivity contribution in [3.63, 3.8) is 0 Å². The molecule has 0 aliphatic heterocycles. The summed E-state index contributed by atoms with van der Waals surface area (Å²) in [7, 11) is 1.01. The molecular weight excluding hydrogens is 102 g/mol. The van der Waals surface area contributed by atoms with Crippen LogP contribution in [0.4, 0.5) is 0 Å². The second-order valence-electron chi connectivity index (χ2n) is 1.34. The first-order valence-corrected chi connectivity index (χ1v) is 3.05. The summed E-state index contributed by atoms with van der Waals surface area (Å²) in [6, 6.07) is 0. The van der Waals surface area contributed by atoms with Crippen LogP contribution in [0.15, 0.2) is 29.0 Å². The average molecular weight is 111 g/mol. The molecule has 1 nitrogen and oxygen atoms in total. The summed E-state index contributed by atoms with van der Waals surface area (Å²) in [6.07, 6.45) is 3.51. The van der Waals surface area contributed by atoms with Gasteiger partial charge in [-0.25, -0.2) is 0 Å². The van der Waals surface area contributed by atoms with Gasteiger partial charge >= 0.3 is 0 Å². The quantitative estimate of drug-likeness (QED) is 0.272. The SMILES string of the molecule is C=NC=CC(=C)[SiH3]. The lowest BCUT2D eigenvalue weighted by molar-refractivity contribution is 1.61. The lowest BCUT2D eigenvalue weighted by Gasteiger charge is -1.76. The van der Waals surface area contributed by atoms with Gasteiger partial charge in [-0.3, -0.25) is 4.99 Å². The molecule has 0 aromatic rings. The van der Waals surface area contributed by atoms with E-state index in [-0.39, 0.29) is 0 Å². The van der Waals surface area contributed by atoms with E-state index in [9.17, 15) is 0 Å². The van der Waals surface area contributed by atoms with E-state index in [1.165, 1.54) is 0 Å². The van der Waals surface area contributed by atoms with E-state index in [4.69, 9.17) is 0 Å². The maximum absolute atomic E-state index is 3.68. The van der Waals surface area contributed by atoms with Crippen LogP contribution in [0.1, 0.15) is 0 Å². The molecule has 0 N–H and O–H groups in total. The van der Waals surface area contributed by atoms with E-state index in [1.54, 1.807) is 6.20 Å². The monoisotopic (exact) mass is 111 g/mol. The van der Waals surface area contributed by atoms with Gasteiger partial charge < -0.3 is 0 Å². The van der Waals surface area contributed by atoms with Gasteiger partial charge in [-0.15, -0.1) is 6.58 Å². The van der Waals surface area contributed by atoms with Crippen LogP contribution in [-0.2, 0) is 0 Å². The van der Waals surface area contributed by atoms with Crippen molar-refractivity contribution in [1.29, 1.82) is 0 Å². The molecule has 38 valence electrons. The second-order valence-corrected chi connectivity index (χ2v) is 2.63. The van der Waals surface area contributed by atoms with Crippen molar-refractivity contribution in [3.8, 4) is 0 Å². The van der Waals surface area contributed by atoms with Crippen LogP contribution in [0.5, 0.6) is 0 Å². The molecule has 0 saturated heterocycles. The van der Waals surface area contributed by atoms with Gasteiger partial charge in [0.2, 0.25) is 0 Å². The molecule has 0 fully saturated rings. The van der Waals surface area contributed by atoms with Crippen molar-refractivity contribution in [2.75, 3.05) is 0 Å². The number of hydrogen-bond donors (Lipinski definition) is 0. The van der Waals surface area contributed by atoms with Crippen molar-refractivity contribution in [3.05, 3.63) is 24.1 Å². The summed E-state index contributed by atoms with van der Waals surface area (Å²) >= 11 is 0. The van der Waals surface area contributed by atoms with Gasteiger partial charge in [-0.2, -0.15) is 0 Å². The summed E-state index contributed by atoms with van der Waals surface area (Å²) in [5.74, 6) is 0. The maximum Gasteiger partial charge on any atom is 0.0377 e. The highest BCUT2D eigenvalue weighted by atomic mass is 28.1. The van der Waals surface area contributed by atoms with Crippen molar-refractivity contribution in [2.24, 2.45) is 4.99 Å². The molecule has 0 atom stereocenters. The first-order chi connectivity index (χ1) is 3.27. The molecule has 0 unspecified atom stereocenters. The minimum absolute atomic E-state index is 1.01. The zero-order valence-corrected chi connectivity index (χ0v) is 6.52. The number of nitrogens with zero attached hydrogens (tertiary/aromatic N) is 1. The van der Waals surface area contributed by atoms with Crippen LogP contribution in [0.2, 0.25) is 0 Å². The highest BCUT2D eigenvalue weighted by Gasteiger charge is 1.66. The van der Waals surface area contributed by atoms with Crippen LogP contribution < -0.4 is 0 Å². The van der Waals surface area contributed by atoms with E-state index in [0.717, 1.165) is 15.4 Å². The van der Waals surface area contributed by atoms with Crippen molar-refractivity contribution in [2.45, 2.75) is 0 Å². The maximum atomic E-state index is 3.68. The van der Waals surface area contributed by atoms with Gasteiger partial charge in [-0.1, -0.05) is 5.20 Å². The van der Waals surface area contributed by atoms with Gasteiger partial charge in [0.05, 0.1) is 0 Å². The molecule has 0 aromatic heterocycles. The van der Waals surface area contributed by atoms with Crippen LogP contribution >= 0.6 is 0 Å². The Hall–Kier alpha value is -0.633. The van der Waals surface area contributed by atoms with Crippen molar-refractivity contribution in [1.82, 2.24) is 0 Å². The van der Waals surface area contributed by atoms with Gasteiger partial charge in [0.25, 0.3) is 0 Å². The Labute approximate surface area is 46.9 Å². The summed E-state index contributed by atoms with van der Waals surface area (Å²) in [5.41, 5.74) is 0. The molecule has 2 heteroatoms. The zero-order valence-electron chi connectivity index (χ0n) is 4.52. The Balaban J connectivity index is 3.46. The van der Waals surface area contributed by atoms with Crippen molar-refractivity contribution >= 4 is 17.0 Å². The standard InChI is InChI=1S/C5H9NSi/c1-5(7)3-4-6-2/h3-4H,1-2H2,7H3. The van der Waals surface area contributed by atoms with E-state index in [1.807, 2.05) is 6.08 Å². The molecule has 0 bridgehead atoms. The van der Waals surface area contributed by atoms with Gasteiger partial charge in [0.1, 0.15) is 0 Å². The van der Waals surface area contributed by atoms with E-state index < -0.39 is 0 Å². The third kappa shape index (κ3) is 5.37. The lowest BCUT2D eigenvalue weighted by atomic mass is 10.6. The largest absolute Gasteiger partial charge is 0.273 e. The summed E-state index contributed by atoms with van der Waals surface area (Å²) in [4.78, 5) is 3.51. The smallest absolute Gasteiger partial charge is 0.0377 e. The fourth-order valence-corrected chi connectivity index (χ4v) is 0.329. The van der Waals surface area contributed by atoms with Crippen LogP contribution in [0.3, 0.4) is 0 Å². The normalized spacial score (nSPS) is 9.71. The van der Waals surface area contributed by atoms with Gasteiger partial charge in [0, 0.05) is 16.4 Å². The Morgan fingerprint density at radius 3 is 2.43 bits per heavy atom. The Bertz CT molecular complexity index is 105. The Kier molecular flexibility index (Phi) is 3.23. The first kappa shape index (κ1) is 6.37. The lowest BCUT2D eigenvalue weighted by Crippen LogP contribution is -1.65. The number of hydrogen-bond acceptors (Lipinski definition) is 1.